The number of aryl methyl sites for hydroxylation is 2. The van der Waals surface area contributed by atoms with Crippen molar-refractivity contribution in [3.8, 4) is 0 Å². The summed E-state index contributed by atoms with van der Waals surface area (Å²) in [5, 5.41) is 9.25. The highest BCUT2D eigenvalue weighted by atomic mass is 79.9. The topological polar surface area (TPSA) is 71.2 Å². The van der Waals surface area contributed by atoms with Crippen molar-refractivity contribution in [1.82, 2.24) is 19.4 Å². The molecule has 168 valence electrons. The number of unbranched alkanes of at least 4 members (excludes halogenated alkanes) is 1. The van der Waals surface area contributed by atoms with E-state index in [2.05, 4.69) is 52.3 Å². The fourth-order valence-electron chi connectivity index (χ4n) is 4.82. The molecule has 1 aliphatic rings. The molecule has 0 aliphatic carbocycles. The zero-order chi connectivity index (χ0) is 22.2. The molecule has 4 heterocycles. The van der Waals surface area contributed by atoms with E-state index in [1.807, 2.05) is 6.20 Å². The van der Waals surface area contributed by atoms with Crippen LogP contribution in [0.25, 0.3) is 21.3 Å². The van der Waals surface area contributed by atoms with Crippen LogP contribution < -0.4 is 0 Å². The Balaban J connectivity index is 1.60. The quantitative estimate of drug-likeness (QED) is 0.393. The molecule has 1 amide bonds. The predicted octanol–water partition coefficient (Wildman–Crippen LogP) is 6.56. The summed E-state index contributed by atoms with van der Waals surface area (Å²) < 4.78 is 4.73. The molecule has 1 N–H and O–H groups in total. The smallest absolute Gasteiger partial charge is 0.407 e. The number of nitrogens with zero attached hydrogens (tertiary/aromatic N) is 4. The van der Waals surface area contributed by atoms with Crippen molar-refractivity contribution in [2.45, 2.75) is 65.8 Å². The van der Waals surface area contributed by atoms with Crippen molar-refractivity contribution in [3.63, 3.8) is 0 Å². The van der Waals surface area contributed by atoms with E-state index in [0.717, 1.165) is 65.7 Å². The molecule has 4 rings (SSSR count). The van der Waals surface area contributed by atoms with E-state index in [1.54, 1.807) is 16.2 Å². The van der Waals surface area contributed by atoms with Crippen LogP contribution in [-0.4, -0.2) is 43.7 Å². The Morgan fingerprint density at radius 2 is 2.06 bits per heavy atom. The summed E-state index contributed by atoms with van der Waals surface area (Å²) in [5.41, 5.74) is 3.36. The Hall–Kier alpha value is -1.67. The first-order valence-corrected chi connectivity index (χ1v) is 12.8. The van der Waals surface area contributed by atoms with Gasteiger partial charge in [0.2, 0.25) is 0 Å². The minimum absolute atomic E-state index is 0.144. The SMILES string of the molecule is CCCCc1nc2cnc3cc(Br)sc3c2n1CCC(C)(C)C1CCN(C(=O)O)CC1. The van der Waals surface area contributed by atoms with Crippen molar-refractivity contribution in [2.75, 3.05) is 13.1 Å². The number of likely N-dealkylation sites (tertiary alicyclic amines) is 1. The molecular weight excluding hydrogens is 476 g/mol. The number of rotatable bonds is 7. The second kappa shape index (κ2) is 9.06. The molecule has 6 nitrogen and oxygen atoms in total. The first-order valence-electron chi connectivity index (χ1n) is 11.2. The number of carboxylic acid groups (broad SMARTS) is 1. The minimum atomic E-state index is -0.790. The van der Waals surface area contributed by atoms with Gasteiger partial charge in [-0.3, -0.25) is 4.98 Å². The first kappa shape index (κ1) is 22.5. The standard InChI is InChI=1S/C23H31BrN4O2S/c1-4-5-6-19-26-17-14-25-16-13-18(24)31-21(16)20(17)28(19)12-9-23(2,3)15-7-10-27(11-8-15)22(29)30/h13-15H,4-12H2,1-3H3,(H,29,30). The molecule has 0 saturated carbocycles. The van der Waals surface area contributed by atoms with Gasteiger partial charge >= 0.3 is 6.09 Å². The number of hydrogen-bond donors (Lipinski definition) is 1. The number of imidazole rings is 1. The molecule has 3 aromatic heterocycles. The number of piperidine rings is 1. The normalized spacial score (nSPS) is 15.9. The molecule has 1 saturated heterocycles. The third-order valence-electron chi connectivity index (χ3n) is 6.90. The van der Waals surface area contributed by atoms with E-state index in [0.29, 0.717) is 19.0 Å². The fourth-order valence-corrected chi connectivity index (χ4v) is 6.42. The highest BCUT2D eigenvalue weighted by Gasteiger charge is 2.33. The molecule has 0 atom stereocenters. The molecule has 8 heteroatoms. The second-order valence-corrected chi connectivity index (χ2v) is 11.8. The van der Waals surface area contributed by atoms with Crippen molar-refractivity contribution in [1.29, 1.82) is 0 Å². The van der Waals surface area contributed by atoms with Gasteiger partial charge in [0, 0.05) is 26.1 Å². The highest BCUT2D eigenvalue weighted by Crippen LogP contribution is 2.40. The Kier molecular flexibility index (Phi) is 6.58. The van der Waals surface area contributed by atoms with E-state index in [1.165, 1.54) is 10.2 Å². The fraction of sp³-hybridized carbons (Fsp3) is 0.609. The van der Waals surface area contributed by atoms with Crippen LogP contribution >= 0.6 is 27.3 Å². The Morgan fingerprint density at radius 3 is 2.74 bits per heavy atom. The monoisotopic (exact) mass is 506 g/mol. The van der Waals surface area contributed by atoms with Gasteiger partial charge in [-0.2, -0.15) is 0 Å². The van der Waals surface area contributed by atoms with Gasteiger partial charge in [-0.15, -0.1) is 11.3 Å². The van der Waals surface area contributed by atoms with Crippen LogP contribution in [0.2, 0.25) is 0 Å². The largest absolute Gasteiger partial charge is 0.465 e. The van der Waals surface area contributed by atoms with Crippen molar-refractivity contribution in [3.05, 3.63) is 21.9 Å². The number of fused-ring (bicyclic) bond motifs is 3. The number of pyridine rings is 1. The average molecular weight is 507 g/mol. The molecule has 0 aromatic carbocycles. The molecule has 3 aromatic rings. The van der Waals surface area contributed by atoms with Crippen LogP contribution in [0, 0.1) is 11.3 Å². The van der Waals surface area contributed by atoms with E-state index in [4.69, 9.17) is 4.98 Å². The predicted molar refractivity (Wildman–Crippen MR) is 130 cm³/mol. The van der Waals surface area contributed by atoms with E-state index < -0.39 is 6.09 Å². The highest BCUT2D eigenvalue weighted by molar-refractivity contribution is 9.11. The van der Waals surface area contributed by atoms with Crippen LogP contribution in [0.1, 0.15) is 58.7 Å². The molecule has 31 heavy (non-hydrogen) atoms. The average Bonchev–Trinajstić information content (AvgIpc) is 3.29. The number of hydrogen-bond acceptors (Lipinski definition) is 4. The van der Waals surface area contributed by atoms with Gasteiger partial charge in [0.05, 0.1) is 25.7 Å². The third-order valence-corrected chi connectivity index (χ3v) is 8.54. The second-order valence-electron chi connectivity index (χ2n) is 9.32. The van der Waals surface area contributed by atoms with Gasteiger partial charge in [0.1, 0.15) is 11.3 Å². The Bertz CT molecular complexity index is 1080. The van der Waals surface area contributed by atoms with Crippen LogP contribution in [-0.2, 0) is 13.0 Å². The lowest BCUT2D eigenvalue weighted by Crippen LogP contribution is -2.41. The van der Waals surface area contributed by atoms with Crippen LogP contribution in [0.15, 0.2) is 16.0 Å². The summed E-state index contributed by atoms with van der Waals surface area (Å²) in [4.78, 5) is 22.4. The zero-order valence-electron chi connectivity index (χ0n) is 18.5. The molecule has 0 spiro atoms. The van der Waals surface area contributed by atoms with E-state index in [9.17, 15) is 9.90 Å². The molecule has 0 radical (unpaired) electrons. The number of halogens is 1. The van der Waals surface area contributed by atoms with Gasteiger partial charge in [-0.1, -0.05) is 27.2 Å². The maximum atomic E-state index is 11.3. The van der Waals surface area contributed by atoms with E-state index >= 15 is 0 Å². The van der Waals surface area contributed by atoms with Crippen LogP contribution in [0.5, 0.6) is 0 Å². The first-order chi connectivity index (χ1) is 14.8. The van der Waals surface area contributed by atoms with Crippen LogP contribution in [0.3, 0.4) is 0 Å². The lowest BCUT2D eigenvalue weighted by atomic mass is 9.71. The van der Waals surface area contributed by atoms with Gasteiger partial charge < -0.3 is 14.6 Å². The minimum Gasteiger partial charge on any atom is -0.465 e. The van der Waals surface area contributed by atoms with Gasteiger partial charge in [-0.05, 0) is 59.0 Å². The Labute approximate surface area is 195 Å². The lowest BCUT2D eigenvalue weighted by Gasteiger charge is -2.40. The van der Waals surface area contributed by atoms with Crippen molar-refractivity contribution >= 4 is 54.6 Å². The van der Waals surface area contributed by atoms with Crippen molar-refractivity contribution < 1.29 is 9.90 Å². The van der Waals surface area contributed by atoms with Crippen molar-refractivity contribution in [2.24, 2.45) is 11.3 Å². The van der Waals surface area contributed by atoms with Crippen LogP contribution in [0.4, 0.5) is 4.79 Å². The summed E-state index contributed by atoms with van der Waals surface area (Å²) in [6.07, 6.45) is 7.32. The number of thiophene rings is 1. The summed E-state index contributed by atoms with van der Waals surface area (Å²) in [7, 11) is 0. The zero-order valence-corrected chi connectivity index (χ0v) is 20.9. The lowest BCUT2D eigenvalue weighted by molar-refractivity contribution is 0.0819. The molecule has 0 unspecified atom stereocenters. The molecular formula is C23H31BrN4O2S. The maximum Gasteiger partial charge on any atom is 0.407 e. The summed E-state index contributed by atoms with van der Waals surface area (Å²) in [5.74, 6) is 1.70. The summed E-state index contributed by atoms with van der Waals surface area (Å²) in [6, 6.07) is 2.09. The molecule has 1 fully saturated rings. The van der Waals surface area contributed by atoms with Gasteiger partial charge in [0.15, 0.2) is 0 Å². The Morgan fingerprint density at radius 1 is 1.32 bits per heavy atom. The molecule has 1 aliphatic heterocycles. The number of carbonyl (C=O) groups is 1. The van der Waals surface area contributed by atoms with E-state index in [-0.39, 0.29) is 5.41 Å². The number of aromatic nitrogens is 3. The third kappa shape index (κ3) is 4.60. The van der Waals surface area contributed by atoms with Gasteiger partial charge in [0.25, 0.3) is 0 Å². The summed E-state index contributed by atoms with van der Waals surface area (Å²) >= 11 is 5.35. The maximum absolute atomic E-state index is 11.3. The number of amides is 1. The van der Waals surface area contributed by atoms with Gasteiger partial charge in [-0.25, -0.2) is 9.78 Å². The molecule has 0 bridgehead atoms. The summed E-state index contributed by atoms with van der Waals surface area (Å²) in [6.45, 7) is 9.13.